The Hall–Kier alpha value is -1.80. The molecule has 2 rings (SSSR count). The third kappa shape index (κ3) is 3.40. The summed E-state index contributed by atoms with van der Waals surface area (Å²) in [6.07, 6.45) is 0.563. The van der Waals surface area contributed by atoms with Crippen molar-refractivity contribution >= 4 is 0 Å². The van der Waals surface area contributed by atoms with E-state index in [4.69, 9.17) is 4.74 Å². The van der Waals surface area contributed by atoms with Gasteiger partial charge in [0.25, 0.3) is 0 Å². The summed E-state index contributed by atoms with van der Waals surface area (Å²) in [6, 6.07) is 14.1. The Labute approximate surface area is 121 Å². The van der Waals surface area contributed by atoms with Crippen LogP contribution in [-0.4, -0.2) is 12.2 Å². The minimum absolute atomic E-state index is 0.563. The van der Waals surface area contributed by atoms with Gasteiger partial charge in [0, 0.05) is 6.42 Å². The molecule has 2 nitrogen and oxygen atoms in total. The molecule has 0 spiro atoms. The molecule has 0 amide bonds. The molecule has 0 aliphatic carbocycles. The van der Waals surface area contributed by atoms with Crippen molar-refractivity contribution < 1.29 is 9.84 Å². The first-order valence-electron chi connectivity index (χ1n) is 6.85. The van der Waals surface area contributed by atoms with Crippen LogP contribution in [0.2, 0.25) is 0 Å². The van der Waals surface area contributed by atoms with Crippen LogP contribution in [-0.2, 0) is 12.0 Å². The van der Waals surface area contributed by atoms with Crippen molar-refractivity contribution in [1.82, 2.24) is 0 Å². The van der Waals surface area contributed by atoms with E-state index in [0.717, 1.165) is 16.9 Å². The van der Waals surface area contributed by atoms with E-state index in [1.807, 2.05) is 43.3 Å². The van der Waals surface area contributed by atoms with E-state index in [0.29, 0.717) is 6.42 Å². The highest BCUT2D eigenvalue weighted by molar-refractivity contribution is 5.35. The Kier molecular flexibility index (Phi) is 4.15. The van der Waals surface area contributed by atoms with Gasteiger partial charge in [-0.25, -0.2) is 0 Å². The lowest BCUT2D eigenvalue weighted by atomic mass is 9.87. The van der Waals surface area contributed by atoms with Gasteiger partial charge in [-0.05, 0) is 44.0 Å². The molecule has 2 aromatic rings. The lowest BCUT2D eigenvalue weighted by Crippen LogP contribution is -2.24. The van der Waals surface area contributed by atoms with Crippen LogP contribution < -0.4 is 4.74 Å². The number of aliphatic hydroxyl groups is 1. The van der Waals surface area contributed by atoms with Crippen molar-refractivity contribution in [3.8, 4) is 5.75 Å². The molecule has 1 unspecified atom stereocenters. The first-order chi connectivity index (χ1) is 9.40. The van der Waals surface area contributed by atoms with Crippen LogP contribution in [0.1, 0.15) is 29.2 Å². The summed E-state index contributed by atoms with van der Waals surface area (Å²) in [6.45, 7) is 5.97. The fraction of sp³-hybridized carbons (Fsp3) is 0.333. The Morgan fingerprint density at radius 3 is 2.30 bits per heavy atom. The van der Waals surface area contributed by atoms with E-state index in [1.54, 1.807) is 7.11 Å². The maximum Gasteiger partial charge on any atom is 0.119 e. The first kappa shape index (κ1) is 14.6. The summed E-state index contributed by atoms with van der Waals surface area (Å²) in [5, 5.41) is 10.8. The lowest BCUT2D eigenvalue weighted by molar-refractivity contribution is 0.0574. The van der Waals surface area contributed by atoms with Crippen molar-refractivity contribution in [2.45, 2.75) is 32.8 Å². The molecule has 0 aromatic heterocycles. The molecule has 0 fully saturated rings. The van der Waals surface area contributed by atoms with Crippen molar-refractivity contribution in [2.24, 2.45) is 0 Å². The number of aryl methyl sites for hydroxylation is 2. The molecule has 0 heterocycles. The van der Waals surface area contributed by atoms with Gasteiger partial charge in [0.2, 0.25) is 0 Å². The summed E-state index contributed by atoms with van der Waals surface area (Å²) in [7, 11) is 1.65. The lowest BCUT2D eigenvalue weighted by Gasteiger charge is -2.25. The zero-order chi connectivity index (χ0) is 14.8. The molecule has 0 bridgehead atoms. The maximum atomic E-state index is 10.8. The first-order valence-corrected chi connectivity index (χ1v) is 6.85. The Morgan fingerprint density at radius 1 is 1.05 bits per heavy atom. The molecular weight excluding hydrogens is 248 g/mol. The van der Waals surface area contributed by atoms with Crippen molar-refractivity contribution in [1.29, 1.82) is 0 Å². The van der Waals surface area contributed by atoms with Gasteiger partial charge in [-0.3, -0.25) is 0 Å². The zero-order valence-electron chi connectivity index (χ0n) is 12.6. The van der Waals surface area contributed by atoms with Crippen LogP contribution in [0, 0.1) is 13.8 Å². The highest BCUT2D eigenvalue weighted by atomic mass is 16.5. The van der Waals surface area contributed by atoms with Gasteiger partial charge in [0.05, 0.1) is 12.7 Å². The van der Waals surface area contributed by atoms with Gasteiger partial charge in [-0.1, -0.05) is 41.5 Å². The number of rotatable bonds is 4. The summed E-state index contributed by atoms with van der Waals surface area (Å²) >= 11 is 0. The third-order valence-electron chi connectivity index (χ3n) is 3.53. The highest BCUT2D eigenvalue weighted by Crippen LogP contribution is 2.28. The molecule has 0 radical (unpaired) electrons. The quantitative estimate of drug-likeness (QED) is 0.916. The Morgan fingerprint density at radius 2 is 1.70 bits per heavy atom. The van der Waals surface area contributed by atoms with E-state index in [1.165, 1.54) is 11.1 Å². The van der Waals surface area contributed by atoms with E-state index in [-0.39, 0.29) is 0 Å². The van der Waals surface area contributed by atoms with E-state index >= 15 is 0 Å². The number of methoxy groups -OCH3 is 1. The summed E-state index contributed by atoms with van der Waals surface area (Å²) in [4.78, 5) is 0. The molecule has 106 valence electrons. The summed E-state index contributed by atoms with van der Waals surface area (Å²) < 4.78 is 5.23. The largest absolute Gasteiger partial charge is 0.497 e. The number of hydrogen-bond donors (Lipinski definition) is 1. The number of hydrogen-bond acceptors (Lipinski definition) is 2. The molecular formula is C18H22O2. The fourth-order valence-electron chi connectivity index (χ4n) is 2.57. The number of ether oxygens (including phenoxy) is 1. The predicted octanol–water partition coefficient (Wildman–Crippen LogP) is 3.76. The molecule has 0 aliphatic rings. The van der Waals surface area contributed by atoms with Crippen molar-refractivity contribution in [2.75, 3.05) is 7.11 Å². The highest BCUT2D eigenvalue weighted by Gasteiger charge is 2.24. The standard InChI is InChI=1S/C18H22O2/c1-13-8-14(2)10-16(9-13)18(3,19)12-15-6-5-7-17(11-15)20-4/h5-11,19H,12H2,1-4H3. The maximum absolute atomic E-state index is 10.8. The van der Waals surface area contributed by atoms with Gasteiger partial charge < -0.3 is 9.84 Å². The average Bonchev–Trinajstić information content (AvgIpc) is 2.37. The summed E-state index contributed by atoms with van der Waals surface area (Å²) in [5.74, 6) is 0.818. The summed E-state index contributed by atoms with van der Waals surface area (Å²) in [5.41, 5.74) is 3.48. The van der Waals surface area contributed by atoms with Crippen LogP contribution in [0.4, 0.5) is 0 Å². The van der Waals surface area contributed by atoms with E-state index < -0.39 is 5.60 Å². The smallest absolute Gasteiger partial charge is 0.119 e. The van der Waals surface area contributed by atoms with Gasteiger partial charge in [0.15, 0.2) is 0 Å². The monoisotopic (exact) mass is 270 g/mol. The molecule has 0 saturated carbocycles. The van der Waals surface area contributed by atoms with Gasteiger partial charge in [-0.2, -0.15) is 0 Å². The number of benzene rings is 2. The second kappa shape index (κ2) is 5.68. The fourth-order valence-corrected chi connectivity index (χ4v) is 2.57. The van der Waals surface area contributed by atoms with Crippen LogP contribution in [0.3, 0.4) is 0 Å². The minimum atomic E-state index is -0.886. The Balaban J connectivity index is 2.29. The van der Waals surface area contributed by atoms with Crippen LogP contribution >= 0.6 is 0 Å². The zero-order valence-corrected chi connectivity index (χ0v) is 12.6. The Bertz CT molecular complexity index is 580. The van der Waals surface area contributed by atoms with Gasteiger partial charge in [-0.15, -0.1) is 0 Å². The minimum Gasteiger partial charge on any atom is -0.497 e. The van der Waals surface area contributed by atoms with Crippen LogP contribution in [0.15, 0.2) is 42.5 Å². The topological polar surface area (TPSA) is 29.5 Å². The van der Waals surface area contributed by atoms with Gasteiger partial charge in [0.1, 0.15) is 5.75 Å². The second-order valence-electron chi connectivity index (χ2n) is 5.68. The molecule has 1 atom stereocenters. The van der Waals surface area contributed by atoms with Crippen LogP contribution in [0.25, 0.3) is 0 Å². The normalized spacial score (nSPS) is 13.8. The van der Waals surface area contributed by atoms with Crippen molar-refractivity contribution in [3.63, 3.8) is 0 Å². The molecule has 0 saturated heterocycles. The predicted molar refractivity (Wildman–Crippen MR) is 82.2 cm³/mol. The second-order valence-corrected chi connectivity index (χ2v) is 5.68. The van der Waals surface area contributed by atoms with E-state index in [2.05, 4.69) is 19.9 Å². The molecule has 0 aliphatic heterocycles. The molecule has 2 heteroatoms. The molecule has 1 N–H and O–H groups in total. The SMILES string of the molecule is COc1cccc(CC(C)(O)c2cc(C)cc(C)c2)c1. The third-order valence-corrected chi connectivity index (χ3v) is 3.53. The van der Waals surface area contributed by atoms with Crippen molar-refractivity contribution in [3.05, 3.63) is 64.7 Å². The molecule has 20 heavy (non-hydrogen) atoms. The average molecular weight is 270 g/mol. The van der Waals surface area contributed by atoms with E-state index in [9.17, 15) is 5.11 Å². The van der Waals surface area contributed by atoms with Gasteiger partial charge >= 0.3 is 0 Å². The molecule has 2 aromatic carbocycles. The van der Waals surface area contributed by atoms with Crippen LogP contribution in [0.5, 0.6) is 5.75 Å².